The van der Waals surface area contributed by atoms with Gasteiger partial charge in [0.1, 0.15) is 5.75 Å². The molecule has 1 N–H and O–H groups in total. The van der Waals surface area contributed by atoms with Gasteiger partial charge in [0.25, 0.3) is 0 Å². The lowest BCUT2D eigenvalue weighted by Gasteiger charge is -2.33. The lowest BCUT2D eigenvalue weighted by atomic mass is 9.76. The van der Waals surface area contributed by atoms with Crippen molar-refractivity contribution in [1.82, 2.24) is 0 Å². The molecule has 0 heterocycles. The van der Waals surface area contributed by atoms with Crippen LogP contribution in [-0.4, -0.2) is 18.3 Å². The number of aryl methyl sites for hydroxylation is 1. The zero-order valence-electron chi connectivity index (χ0n) is 12.1. The summed E-state index contributed by atoms with van der Waals surface area (Å²) in [5.74, 6) is 2.22. The van der Waals surface area contributed by atoms with Gasteiger partial charge in [0.05, 0.1) is 13.2 Å². The Labute approximate surface area is 116 Å². The van der Waals surface area contributed by atoms with Crippen molar-refractivity contribution in [2.45, 2.75) is 51.6 Å². The Morgan fingerprint density at radius 1 is 1.21 bits per heavy atom. The van der Waals surface area contributed by atoms with E-state index >= 15 is 0 Å². The summed E-state index contributed by atoms with van der Waals surface area (Å²) in [5, 5.41) is 10.1. The maximum Gasteiger partial charge on any atom is 0.118 e. The predicted molar refractivity (Wildman–Crippen MR) is 78.4 cm³/mol. The van der Waals surface area contributed by atoms with E-state index in [4.69, 9.17) is 4.74 Å². The minimum atomic E-state index is -0.0824. The fourth-order valence-electron chi connectivity index (χ4n) is 3.17. The minimum absolute atomic E-state index is 0.0824. The molecular formula is C17H26O2. The van der Waals surface area contributed by atoms with E-state index in [0.29, 0.717) is 5.92 Å². The van der Waals surface area contributed by atoms with E-state index in [1.807, 2.05) is 12.1 Å². The molecule has 1 aromatic rings. The summed E-state index contributed by atoms with van der Waals surface area (Å²) in [4.78, 5) is 0. The molecule has 0 saturated heterocycles. The summed E-state index contributed by atoms with van der Waals surface area (Å²) in [5.41, 5.74) is 1.34. The Morgan fingerprint density at radius 2 is 1.95 bits per heavy atom. The minimum Gasteiger partial charge on any atom is -0.497 e. The van der Waals surface area contributed by atoms with E-state index in [-0.39, 0.29) is 6.10 Å². The molecule has 2 heteroatoms. The molecule has 19 heavy (non-hydrogen) atoms. The fraction of sp³-hybridized carbons (Fsp3) is 0.647. The largest absolute Gasteiger partial charge is 0.497 e. The van der Waals surface area contributed by atoms with Gasteiger partial charge in [-0.15, -0.1) is 0 Å². The first-order chi connectivity index (χ1) is 9.22. The van der Waals surface area contributed by atoms with E-state index in [2.05, 4.69) is 19.1 Å². The van der Waals surface area contributed by atoms with Crippen LogP contribution >= 0.6 is 0 Å². The Hall–Kier alpha value is -1.02. The van der Waals surface area contributed by atoms with Crippen LogP contribution in [0.5, 0.6) is 5.75 Å². The molecule has 0 aromatic heterocycles. The highest BCUT2D eigenvalue weighted by Gasteiger charge is 2.27. The van der Waals surface area contributed by atoms with Gasteiger partial charge in [-0.1, -0.05) is 25.5 Å². The smallest absolute Gasteiger partial charge is 0.118 e. The Bertz CT molecular complexity index is 371. The van der Waals surface area contributed by atoms with Gasteiger partial charge < -0.3 is 9.84 Å². The summed E-state index contributed by atoms with van der Waals surface area (Å²) < 4.78 is 5.17. The first kappa shape index (κ1) is 14.4. The molecule has 0 radical (unpaired) electrons. The highest BCUT2D eigenvalue weighted by molar-refractivity contribution is 5.27. The van der Waals surface area contributed by atoms with E-state index in [9.17, 15) is 5.11 Å². The van der Waals surface area contributed by atoms with Crippen LogP contribution in [0.15, 0.2) is 24.3 Å². The number of methoxy groups -OCH3 is 1. The first-order valence-electron chi connectivity index (χ1n) is 7.54. The third-order valence-electron chi connectivity index (χ3n) is 4.59. The summed E-state index contributed by atoms with van der Waals surface area (Å²) >= 11 is 0. The van der Waals surface area contributed by atoms with Gasteiger partial charge in [0, 0.05) is 0 Å². The van der Waals surface area contributed by atoms with Crippen molar-refractivity contribution in [2.24, 2.45) is 11.8 Å². The zero-order chi connectivity index (χ0) is 13.7. The van der Waals surface area contributed by atoms with Crippen molar-refractivity contribution >= 4 is 0 Å². The van der Waals surface area contributed by atoms with Crippen LogP contribution in [0.4, 0.5) is 0 Å². The quantitative estimate of drug-likeness (QED) is 0.874. The van der Waals surface area contributed by atoms with Crippen LogP contribution in [0.25, 0.3) is 0 Å². The number of rotatable bonds is 5. The number of ether oxygens (including phenoxy) is 1. The third kappa shape index (κ3) is 3.97. The van der Waals surface area contributed by atoms with Gasteiger partial charge in [0.2, 0.25) is 0 Å². The maximum absolute atomic E-state index is 10.1. The van der Waals surface area contributed by atoms with Crippen LogP contribution in [0.2, 0.25) is 0 Å². The second kappa shape index (κ2) is 6.95. The van der Waals surface area contributed by atoms with Gasteiger partial charge in [-0.3, -0.25) is 0 Å². The van der Waals surface area contributed by atoms with Crippen molar-refractivity contribution in [3.8, 4) is 5.75 Å². The normalized spacial score (nSPS) is 27.2. The Morgan fingerprint density at radius 3 is 2.58 bits per heavy atom. The van der Waals surface area contributed by atoms with E-state index in [1.54, 1.807) is 7.11 Å². The van der Waals surface area contributed by atoms with E-state index in [1.165, 1.54) is 24.8 Å². The number of hydrogen-bond acceptors (Lipinski definition) is 2. The third-order valence-corrected chi connectivity index (χ3v) is 4.59. The first-order valence-corrected chi connectivity index (χ1v) is 7.54. The molecule has 0 spiro atoms. The van der Waals surface area contributed by atoms with Crippen molar-refractivity contribution in [1.29, 1.82) is 0 Å². The van der Waals surface area contributed by atoms with Crippen LogP contribution in [0.3, 0.4) is 0 Å². The maximum atomic E-state index is 10.1. The van der Waals surface area contributed by atoms with Gasteiger partial charge >= 0.3 is 0 Å². The Kier molecular flexibility index (Phi) is 5.26. The fourth-order valence-corrected chi connectivity index (χ4v) is 3.17. The van der Waals surface area contributed by atoms with Crippen molar-refractivity contribution in [3.05, 3.63) is 29.8 Å². The van der Waals surface area contributed by atoms with Gasteiger partial charge in [-0.05, 0) is 61.6 Å². The molecular weight excluding hydrogens is 236 g/mol. The van der Waals surface area contributed by atoms with Crippen LogP contribution < -0.4 is 4.74 Å². The average molecular weight is 262 g/mol. The number of aliphatic hydroxyl groups is 1. The van der Waals surface area contributed by atoms with Gasteiger partial charge in [-0.2, -0.15) is 0 Å². The highest BCUT2D eigenvalue weighted by Crippen LogP contribution is 2.34. The van der Waals surface area contributed by atoms with E-state index in [0.717, 1.165) is 30.9 Å². The van der Waals surface area contributed by atoms with Crippen LogP contribution in [0.1, 0.15) is 44.6 Å². The molecule has 106 valence electrons. The van der Waals surface area contributed by atoms with E-state index < -0.39 is 0 Å². The molecule has 0 amide bonds. The summed E-state index contributed by atoms with van der Waals surface area (Å²) in [7, 11) is 1.69. The highest BCUT2D eigenvalue weighted by atomic mass is 16.5. The molecule has 3 unspecified atom stereocenters. The zero-order valence-corrected chi connectivity index (χ0v) is 12.1. The second-order valence-corrected chi connectivity index (χ2v) is 5.80. The number of benzene rings is 1. The van der Waals surface area contributed by atoms with Crippen LogP contribution in [-0.2, 0) is 6.42 Å². The molecule has 3 atom stereocenters. The Balaban J connectivity index is 1.85. The van der Waals surface area contributed by atoms with Crippen molar-refractivity contribution in [2.75, 3.05) is 7.11 Å². The number of aliphatic hydroxyl groups excluding tert-OH is 1. The summed E-state index contributed by atoms with van der Waals surface area (Å²) in [6, 6.07) is 8.29. The monoisotopic (exact) mass is 262 g/mol. The molecule has 2 nitrogen and oxygen atoms in total. The van der Waals surface area contributed by atoms with Gasteiger partial charge in [0.15, 0.2) is 0 Å². The summed E-state index contributed by atoms with van der Waals surface area (Å²) in [6.07, 6.45) is 6.73. The standard InChI is InChI=1S/C17H26O2/c1-3-13-7-11-17(18)15(12-13)8-4-14-5-9-16(19-2)10-6-14/h5-6,9-10,13,15,17-18H,3-4,7-8,11-12H2,1-2H3. The molecule has 2 rings (SSSR count). The predicted octanol–water partition coefficient (Wildman–Crippen LogP) is 3.82. The second-order valence-electron chi connectivity index (χ2n) is 5.80. The average Bonchev–Trinajstić information content (AvgIpc) is 2.47. The van der Waals surface area contributed by atoms with Crippen molar-refractivity contribution in [3.63, 3.8) is 0 Å². The SMILES string of the molecule is CCC1CCC(O)C(CCc2ccc(OC)cc2)C1. The lowest BCUT2D eigenvalue weighted by Crippen LogP contribution is -2.29. The summed E-state index contributed by atoms with van der Waals surface area (Å²) in [6.45, 7) is 2.27. The van der Waals surface area contributed by atoms with Crippen molar-refractivity contribution < 1.29 is 9.84 Å². The topological polar surface area (TPSA) is 29.5 Å². The molecule has 0 bridgehead atoms. The molecule has 1 aliphatic carbocycles. The lowest BCUT2D eigenvalue weighted by molar-refractivity contribution is 0.0432. The molecule has 1 saturated carbocycles. The molecule has 1 aliphatic rings. The number of hydrogen-bond donors (Lipinski definition) is 1. The molecule has 1 aromatic carbocycles. The molecule has 1 fully saturated rings. The van der Waals surface area contributed by atoms with Gasteiger partial charge in [-0.25, -0.2) is 0 Å². The molecule has 0 aliphatic heterocycles. The van der Waals surface area contributed by atoms with Crippen LogP contribution in [0, 0.1) is 11.8 Å².